The van der Waals surface area contributed by atoms with Crippen molar-refractivity contribution in [2.24, 2.45) is 0 Å². The summed E-state index contributed by atoms with van der Waals surface area (Å²) in [6, 6.07) is 9.48. The highest BCUT2D eigenvalue weighted by molar-refractivity contribution is 5.20. The van der Waals surface area contributed by atoms with Gasteiger partial charge in [0.1, 0.15) is 5.75 Å². The third kappa shape index (κ3) is 3.61. The molecule has 2 rings (SSSR count). The van der Waals surface area contributed by atoms with Crippen LogP contribution in [0.1, 0.15) is 11.7 Å². The molecule has 1 heterocycles. The van der Waals surface area contributed by atoms with Gasteiger partial charge in [-0.3, -0.25) is 5.32 Å². The summed E-state index contributed by atoms with van der Waals surface area (Å²) in [5, 5.41) is 6.77. The molecule has 0 aliphatic rings. The minimum absolute atomic E-state index is 0.280. The minimum atomic E-state index is 0.280. The SMILES string of the molecule is C#CCNCc1nc(COc2ccccc2)no1. The molecule has 0 aliphatic heterocycles. The standard InChI is InChI=1S/C13H13N3O2/c1-2-8-14-9-13-15-12(16-18-13)10-17-11-6-4-3-5-7-11/h1,3-7,14H,8-10H2. The van der Waals surface area contributed by atoms with Gasteiger partial charge in [0.05, 0.1) is 13.1 Å². The lowest BCUT2D eigenvalue weighted by Crippen LogP contribution is -2.13. The molecule has 0 radical (unpaired) electrons. The van der Waals surface area contributed by atoms with Crippen molar-refractivity contribution in [1.29, 1.82) is 0 Å². The van der Waals surface area contributed by atoms with Crippen LogP contribution in [0.4, 0.5) is 0 Å². The molecule has 0 unspecified atom stereocenters. The van der Waals surface area contributed by atoms with E-state index in [9.17, 15) is 0 Å². The van der Waals surface area contributed by atoms with Gasteiger partial charge in [0, 0.05) is 0 Å². The summed E-state index contributed by atoms with van der Waals surface area (Å²) in [5.41, 5.74) is 0. The maximum atomic E-state index is 5.49. The third-order valence-electron chi connectivity index (χ3n) is 2.12. The monoisotopic (exact) mass is 243 g/mol. The lowest BCUT2D eigenvalue weighted by Gasteiger charge is -2.01. The van der Waals surface area contributed by atoms with Crippen LogP contribution in [-0.2, 0) is 13.2 Å². The zero-order valence-electron chi connectivity index (χ0n) is 9.80. The quantitative estimate of drug-likeness (QED) is 0.613. The zero-order chi connectivity index (χ0) is 12.6. The maximum Gasteiger partial charge on any atom is 0.240 e. The summed E-state index contributed by atoms with van der Waals surface area (Å²) in [6.07, 6.45) is 5.11. The second kappa shape index (κ2) is 6.42. The summed E-state index contributed by atoms with van der Waals surface area (Å²) < 4.78 is 10.5. The van der Waals surface area contributed by atoms with Crippen LogP contribution in [-0.4, -0.2) is 16.7 Å². The molecule has 0 saturated heterocycles. The van der Waals surface area contributed by atoms with E-state index in [0.29, 0.717) is 24.8 Å². The molecule has 92 valence electrons. The first-order chi connectivity index (χ1) is 8.88. The van der Waals surface area contributed by atoms with E-state index in [0.717, 1.165) is 5.75 Å². The molecule has 2 aromatic rings. The van der Waals surface area contributed by atoms with Crippen LogP contribution in [0.2, 0.25) is 0 Å². The third-order valence-corrected chi connectivity index (χ3v) is 2.12. The molecule has 1 aromatic carbocycles. The van der Waals surface area contributed by atoms with Gasteiger partial charge in [-0.05, 0) is 12.1 Å². The number of nitrogens with one attached hydrogen (secondary N) is 1. The van der Waals surface area contributed by atoms with Gasteiger partial charge in [-0.1, -0.05) is 29.3 Å². The summed E-state index contributed by atoms with van der Waals surface area (Å²) in [7, 11) is 0. The van der Waals surface area contributed by atoms with E-state index >= 15 is 0 Å². The molecule has 0 amide bonds. The van der Waals surface area contributed by atoms with Gasteiger partial charge in [0.25, 0.3) is 0 Å². The Bertz CT molecular complexity index is 517. The van der Waals surface area contributed by atoms with E-state index < -0.39 is 0 Å². The molecule has 0 bridgehead atoms. The molecule has 0 saturated carbocycles. The minimum Gasteiger partial charge on any atom is -0.485 e. The van der Waals surface area contributed by atoms with Gasteiger partial charge in [-0.2, -0.15) is 4.98 Å². The predicted octanol–water partition coefficient (Wildman–Crippen LogP) is 1.37. The van der Waals surface area contributed by atoms with Crippen molar-refractivity contribution >= 4 is 0 Å². The van der Waals surface area contributed by atoms with E-state index in [-0.39, 0.29) is 6.61 Å². The van der Waals surface area contributed by atoms with Crippen LogP contribution in [0.15, 0.2) is 34.9 Å². The Hall–Kier alpha value is -2.32. The molecule has 0 aliphatic carbocycles. The number of benzene rings is 1. The number of terminal acetylenes is 1. The van der Waals surface area contributed by atoms with Gasteiger partial charge < -0.3 is 9.26 Å². The average molecular weight is 243 g/mol. The summed E-state index contributed by atoms with van der Waals surface area (Å²) >= 11 is 0. The molecule has 18 heavy (non-hydrogen) atoms. The first-order valence-electron chi connectivity index (χ1n) is 5.52. The average Bonchev–Trinajstić information content (AvgIpc) is 2.86. The van der Waals surface area contributed by atoms with Crippen LogP contribution < -0.4 is 10.1 Å². The maximum absolute atomic E-state index is 5.49. The summed E-state index contributed by atoms with van der Waals surface area (Å²) in [4.78, 5) is 4.16. The van der Waals surface area contributed by atoms with E-state index in [1.165, 1.54) is 0 Å². The smallest absolute Gasteiger partial charge is 0.240 e. The number of hydrogen-bond acceptors (Lipinski definition) is 5. The Morgan fingerprint density at radius 3 is 2.94 bits per heavy atom. The van der Waals surface area contributed by atoms with Gasteiger partial charge in [0.15, 0.2) is 6.61 Å². The fourth-order valence-electron chi connectivity index (χ4n) is 1.33. The van der Waals surface area contributed by atoms with Gasteiger partial charge in [-0.25, -0.2) is 0 Å². The van der Waals surface area contributed by atoms with Crippen LogP contribution in [0.25, 0.3) is 0 Å². The Morgan fingerprint density at radius 2 is 2.17 bits per heavy atom. The molecule has 5 heteroatoms. The topological polar surface area (TPSA) is 60.2 Å². The van der Waals surface area contributed by atoms with E-state index in [4.69, 9.17) is 15.7 Å². The van der Waals surface area contributed by atoms with Crippen molar-refractivity contribution in [3.8, 4) is 18.1 Å². The van der Waals surface area contributed by atoms with Gasteiger partial charge in [-0.15, -0.1) is 6.42 Å². The first kappa shape index (κ1) is 12.1. The molecule has 1 N–H and O–H groups in total. The van der Waals surface area contributed by atoms with Crippen LogP contribution in [0, 0.1) is 12.3 Å². The second-order valence-corrected chi connectivity index (χ2v) is 3.51. The fraction of sp³-hybridized carbons (Fsp3) is 0.231. The summed E-state index contributed by atoms with van der Waals surface area (Å²) in [5.74, 6) is 4.25. The van der Waals surface area contributed by atoms with E-state index in [2.05, 4.69) is 21.4 Å². The number of para-hydroxylation sites is 1. The van der Waals surface area contributed by atoms with E-state index in [1.807, 2.05) is 30.3 Å². The van der Waals surface area contributed by atoms with Crippen molar-refractivity contribution in [2.45, 2.75) is 13.2 Å². The summed E-state index contributed by atoms with van der Waals surface area (Å²) in [6.45, 7) is 1.21. The predicted molar refractivity (Wildman–Crippen MR) is 65.6 cm³/mol. The number of rotatable bonds is 6. The normalized spacial score (nSPS) is 9.94. The first-order valence-corrected chi connectivity index (χ1v) is 5.52. The van der Waals surface area contributed by atoms with Crippen molar-refractivity contribution in [1.82, 2.24) is 15.5 Å². The van der Waals surface area contributed by atoms with Crippen LogP contribution in [0.5, 0.6) is 5.75 Å². The highest BCUT2D eigenvalue weighted by Crippen LogP contribution is 2.10. The fourth-order valence-corrected chi connectivity index (χ4v) is 1.33. The van der Waals surface area contributed by atoms with Crippen molar-refractivity contribution < 1.29 is 9.26 Å². The Labute approximate surface area is 105 Å². The number of hydrogen-bond donors (Lipinski definition) is 1. The molecule has 1 aromatic heterocycles. The Morgan fingerprint density at radius 1 is 1.33 bits per heavy atom. The molecule has 5 nitrogen and oxygen atoms in total. The number of aromatic nitrogens is 2. The van der Waals surface area contributed by atoms with Crippen LogP contribution >= 0.6 is 0 Å². The second-order valence-electron chi connectivity index (χ2n) is 3.51. The number of nitrogens with zero attached hydrogens (tertiary/aromatic N) is 2. The van der Waals surface area contributed by atoms with Crippen LogP contribution in [0.3, 0.4) is 0 Å². The Balaban J connectivity index is 1.82. The van der Waals surface area contributed by atoms with Gasteiger partial charge in [0.2, 0.25) is 11.7 Å². The molecular formula is C13H13N3O2. The van der Waals surface area contributed by atoms with Gasteiger partial charge >= 0.3 is 0 Å². The lowest BCUT2D eigenvalue weighted by molar-refractivity contribution is 0.284. The highest BCUT2D eigenvalue weighted by atomic mass is 16.5. The lowest BCUT2D eigenvalue weighted by atomic mass is 10.3. The van der Waals surface area contributed by atoms with Crippen molar-refractivity contribution in [3.05, 3.63) is 42.0 Å². The highest BCUT2D eigenvalue weighted by Gasteiger charge is 2.06. The molecule has 0 atom stereocenters. The largest absolute Gasteiger partial charge is 0.485 e. The molecular weight excluding hydrogens is 230 g/mol. The Kier molecular flexibility index (Phi) is 4.33. The van der Waals surface area contributed by atoms with Crippen molar-refractivity contribution in [2.75, 3.05) is 6.54 Å². The van der Waals surface area contributed by atoms with Crippen molar-refractivity contribution in [3.63, 3.8) is 0 Å². The molecule has 0 fully saturated rings. The zero-order valence-corrected chi connectivity index (χ0v) is 9.80. The molecule has 0 spiro atoms. The van der Waals surface area contributed by atoms with E-state index in [1.54, 1.807) is 0 Å². The number of ether oxygens (including phenoxy) is 1.